The highest BCUT2D eigenvalue weighted by atomic mass is 16.5. The molecule has 1 N–H and O–H groups in total. The first-order valence-electron chi connectivity index (χ1n) is 9.09. The number of hydrogen-bond acceptors (Lipinski definition) is 6. The van der Waals surface area contributed by atoms with Crippen LogP contribution in [0.3, 0.4) is 0 Å². The molecule has 0 aliphatic heterocycles. The first-order valence-corrected chi connectivity index (χ1v) is 9.09. The molecular formula is C20H22N4O4. The summed E-state index contributed by atoms with van der Waals surface area (Å²) in [6.07, 6.45) is -0.957. The molecule has 0 aliphatic carbocycles. The Morgan fingerprint density at radius 1 is 1.14 bits per heavy atom. The van der Waals surface area contributed by atoms with Gasteiger partial charge in [-0.25, -0.2) is 9.48 Å². The van der Waals surface area contributed by atoms with Gasteiger partial charge in [0.05, 0.1) is 17.7 Å². The molecule has 3 aromatic rings. The van der Waals surface area contributed by atoms with Crippen molar-refractivity contribution in [2.24, 2.45) is 0 Å². The Labute approximate surface area is 162 Å². The van der Waals surface area contributed by atoms with Crippen molar-refractivity contribution < 1.29 is 19.1 Å². The number of nitrogens with one attached hydrogen (secondary N) is 1. The van der Waals surface area contributed by atoms with Crippen LogP contribution in [-0.2, 0) is 16.1 Å². The van der Waals surface area contributed by atoms with E-state index in [0.29, 0.717) is 29.9 Å². The van der Waals surface area contributed by atoms with E-state index in [1.807, 2.05) is 13.8 Å². The molecule has 1 aromatic heterocycles. The van der Waals surface area contributed by atoms with Gasteiger partial charge in [0, 0.05) is 12.2 Å². The highest BCUT2D eigenvalue weighted by molar-refractivity contribution is 5.98. The fraction of sp³-hybridized carbons (Fsp3) is 0.300. The lowest BCUT2D eigenvalue weighted by Crippen LogP contribution is -2.30. The molecule has 2 aromatic carbocycles. The number of fused-ring (bicyclic) bond motifs is 1. The Morgan fingerprint density at radius 3 is 2.57 bits per heavy atom. The number of aromatic nitrogens is 3. The third-order valence-corrected chi connectivity index (χ3v) is 4.14. The van der Waals surface area contributed by atoms with E-state index in [1.54, 1.807) is 47.1 Å². The minimum atomic E-state index is -0.957. The van der Waals surface area contributed by atoms with Gasteiger partial charge >= 0.3 is 5.97 Å². The van der Waals surface area contributed by atoms with Crippen molar-refractivity contribution >= 4 is 28.6 Å². The maximum absolute atomic E-state index is 12.4. The fourth-order valence-electron chi connectivity index (χ4n) is 2.66. The second kappa shape index (κ2) is 8.51. The van der Waals surface area contributed by atoms with E-state index in [2.05, 4.69) is 15.6 Å². The smallest absolute Gasteiger partial charge is 0.338 e. The molecule has 0 aliphatic rings. The van der Waals surface area contributed by atoms with Crippen LogP contribution in [0.25, 0.3) is 11.0 Å². The zero-order valence-corrected chi connectivity index (χ0v) is 16.0. The maximum Gasteiger partial charge on any atom is 0.338 e. The summed E-state index contributed by atoms with van der Waals surface area (Å²) >= 11 is 0. The van der Waals surface area contributed by atoms with E-state index in [0.717, 1.165) is 11.3 Å². The summed E-state index contributed by atoms with van der Waals surface area (Å²) in [6, 6.07) is 12.0. The van der Waals surface area contributed by atoms with Gasteiger partial charge in [-0.2, -0.15) is 0 Å². The molecule has 0 fully saturated rings. The van der Waals surface area contributed by atoms with Crippen LogP contribution in [0, 0.1) is 0 Å². The van der Waals surface area contributed by atoms with Crippen molar-refractivity contribution in [1.29, 1.82) is 0 Å². The first kappa shape index (κ1) is 19.3. The average molecular weight is 382 g/mol. The normalized spacial score (nSPS) is 11.8. The lowest BCUT2D eigenvalue weighted by atomic mass is 10.2. The number of anilines is 1. The predicted molar refractivity (Wildman–Crippen MR) is 104 cm³/mol. The Bertz CT molecular complexity index is 982. The highest BCUT2D eigenvalue weighted by Crippen LogP contribution is 2.17. The third-order valence-electron chi connectivity index (χ3n) is 4.14. The number of carbonyl (C=O) groups excluding carboxylic acids is 2. The summed E-state index contributed by atoms with van der Waals surface area (Å²) in [4.78, 5) is 24.7. The molecule has 0 spiro atoms. The van der Waals surface area contributed by atoms with Crippen LogP contribution < -0.4 is 10.1 Å². The van der Waals surface area contributed by atoms with Crippen LogP contribution in [0.5, 0.6) is 5.75 Å². The molecule has 0 radical (unpaired) electrons. The molecule has 8 nitrogen and oxygen atoms in total. The van der Waals surface area contributed by atoms with Crippen molar-refractivity contribution in [3.8, 4) is 5.75 Å². The van der Waals surface area contributed by atoms with E-state index < -0.39 is 18.0 Å². The molecular weight excluding hydrogens is 360 g/mol. The number of ether oxygens (including phenoxy) is 2. The first-order chi connectivity index (χ1) is 13.5. The van der Waals surface area contributed by atoms with Gasteiger partial charge in [-0.3, -0.25) is 4.79 Å². The summed E-state index contributed by atoms with van der Waals surface area (Å²) in [7, 11) is 0. The lowest BCUT2D eigenvalue weighted by molar-refractivity contribution is -0.123. The number of carbonyl (C=O) groups is 2. The Balaban J connectivity index is 1.62. The largest absolute Gasteiger partial charge is 0.494 e. The fourth-order valence-corrected chi connectivity index (χ4v) is 2.66. The number of rotatable bonds is 7. The van der Waals surface area contributed by atoms with Gasteiger partial charge in [0.1, 0.15) is 11.3 Å². The van der Waals surface area contributed by atoms with Gasteiger partial charge in [-0.05, 0) is 63.2 Å². The average Bonchev–Trinajstić information content (AvgIpc) is 3.11. The quantitative estimate of drug-likeness (QED) is 0.631. The predicted octanol–water partition coefficient (Wildman–Crippen LogP) is 3.03. The Kier molecular flexibility index (Phi) is 5.88. The molecule has 1 atom stereocenters. The van der Waals surface area contributed by atoms with Crippen LogP contribution in [0.4, 0.5) is 5.69 Å². The maximum atomic E-state index is 12.4. The molecule has 1 amide bonds. The zero-order chi connectivity index (χ0) is 20.1. The Morgan fingerprint density at radius 2 is 1.89 bits per heavy atom. The molecule has 3 rings (SSSR count). The monoisotopic (exact) mass is 382 g/mol. The van der Waals surface area contributed by atoms with Crippen molar-refractivity contribution in [2.75, 3.05) is 11.9 Å². The second-order valence-corrected chi connectivity index (χ2v) is 6.10. The van der Waals surface area contributed by atoms with Crippen molar-refractivity contribution in [3.63, 3.8) is 0 Å². The number of esters is 1. The highest BCUT2D eigenvalue weighted by Gasteiger charge is 2.20. The third kappa shape index (κ3) is 4.28. The summed E-state index contributed by atoms with van der Waals surface area (Å²) in [6.45, 7) is 6.63. The van der Waals surface area contributed by atoms with Crippen LogP contribution in [0.2, 0.25) is 0 Å². The molecule has 28 heavy (non-hydrogen) atoms. The van der Waals surface area contributed by atoms with Gasteiger partial charge in [0.15, 0.2) is 6.10 Å². The Hall–Kier alpha value is -3.42. The van der Waals surface area contributed by atoms with Gasteiger partial charge < -0.3 is 14.8 Å². The van der Waals surface area contributed by atoms with Crippen molar-refractivity contribution in [3.05, 3.63) is 48.0 Å². The zero-order valence-electron chi connectivity index (χ0n) is 16.0. The summed E-state index contributed by atoms with van der Waals surface area (Å²) in [5.74, 6) is -0.298. The SMILES string of the molecule is CCOc1ccc(NC(=O)[C@@H](C)OC(=O)c2ccc3c(c2)nnn3CC)cc1. The standard InChI is InChI=1S/C20H22N4O4/c1-4-24-18-11-6-14(12-17(18)22-23-24)20(26)28-13(3)19(25)21-15-7-9-16(10-8-15)27-5-2/h6-13H,4-5H2,1-3H3,(H,21,25)/t13-/m1/s1. The molecule has 0 bridgehead atoms. The number of amides is 1. The molecule has 0 saturated heterocycles. The number of benzene rings is 2. The van der Waals surface area contributed by atoms with Crippen LogP contribution in [0.1, 0.15) is 31.1 Å². The van der Waals surface area contributed by atoms with Crippen molar-refractivity contribution in [2.45, 2.75) is 33.4 Å². The minimum Gasteiger partial charge on any atom is -0.494 e. The topological polar surface area (TPSA) is 95.3 Å². The van der Waals surface area contributed by atoms with Crippen LogP contribution >= 0.6 is 0 Å². The van der Waals surface area contributed by atoms with E-state index in [1.165, 1.54) is 6.92 Å². The van der Waals surface area contributed by atoms with Gasteiger partial charge in [0.25, 0.3) is 5.91 Å². The second-order valence-electron chi connectivity index (χ2n) is 6.10. The molecule has 1 heterocycles. The number of nitrogens with zero attached hydrogens (tertiary/aromatic N) is 3. The number of aryl methyl sites for hydroxylation is 1. The van der Waals surface area contributed by atoms with E-state index in [9.17, 15) is 9.59 Å². The van der Waals surface area contributed by atoms with E-state index in [4.69, 9.17) is 9.47 Å². The van der Waals surface area contributed by atoms with Gasteiger partial charge in [0.2, 0.25) is 0 Å². The number of hydrogen-bond donors (Lipinski definition) is 1. The molecule has 0 unspecified atom stereocenters. The minimum absolute atomic E-state index is 0.316. The van der Waals surface area contributed by atoms with Gasteiger partial charge in [-0.1, -0.05) is 5.21 Å². The van der Waals surface area contributed by atoms with E-state index in [-0.39, 0.29) is 0 Å². The van der Waals surface area contributed by atoms with Crippen LogP contribution in [0.15, 0.2) is 42.5 Å². The molecule has 146 valence electrons. The van der Waals surface area contributed by atoms with Gasteiger partial charge in [-0.15, -0.1) is 5.10 Å². The summed E-state index contributed by atoms with van der Waals surface area (Å²) < 4.78 is 12.4. The van der Waals surface area contributed by atoms with Crippen molar-refractivity contribution in [1.82, 2.24) is 15.0 Å². The van der Waals surface area contributed by atoms with Crippen LogP contribution in [-0.4, -0.2) is 39.6 Å². The van der Waals surface area contributed by atoms with E-state index >= 15 is 0 Å². The summed E-state index contributed by atoms with van der Waals surface area (Å²) in [5, 5.41) is 10.8. The molecule has 8 heteroatoms. The molecule has 0 saturated carbocycles. The lowest BCUT2D eigenvalue weighted by Gasteiger charge is -2.14. The summed E-state index contributed by atoms with van der Waals surface area (Å²) in [5.41, 5.74) is 2.34.